The third kappa shape index (κ3) is 4.58. The van der Waals surface area contributed by atoms with Gasteiger partial charge in [-0.2, -0.15) is 0 Å². The van der Waals surface area contributed by atoms with Crippen LogP contribution >= 0.6 is 0 Å². The van der Waals surface area contributed by atoms with Crippen LogP contribution in [-0.4, -0.2) is 61.1 Å². The summed E-state index contributed by atoms with van der Waals surface area (Å²) in [7, 11) is 0. The van der Waals surface area contributed by atoms with E-state index < -0.39 is 36.4 Å². The Bertz CT molecular complexity index is 938. The maximum Gasteiger partial charge on any atom is 0.338 e. The molecule has 0 radical (unpaired) electrons. The molecule has 2 heterocycles. The molecule has 4 rings (SSSR count). The highest BCUT2D eigenvalue weighted by molar-refractivity contribution is 5.90. The van der Waals surface area contributed by atoms with E-state index in [1.54, 1.807) is 24.3 Å². The van der Waals surface area contributed by atoms with Crippen molar-refractivity contribution in [2.75, 3.05) is 13.2 Å². The van der Waals surface area contributed by atoms with Gasteiger partial charge in [-0.1, -0.05) is 12.1 Å². The first-order valence-corrected chi connectivity index (χ1v) is 9.64. The number of rotatable bonds is 7. The molecule has 0 amide bonds. The summed E-state index contributed by atoms with van der Waals surface area (Å²) >= 11 is 0. The molecule has 2 aliphatic rings. The van der Waals surface area contributed by atoms with E-state index in [9.17, 15) is 14.4 Å². The summed E-state index contributed by atoms with van der Waals surface area (Å²) in [5, 5.41) is 9.09. The summed E-state index contributed by atoms with van der Waals surface area (Å²) in [5.74, 6) is -0.786. The SMILES string of the molecule is O=COc1ccc(C(=O)OC2COC3C(OC(=O)c4ccc(CO)cc4)COC23)cc1. The van der Waals surface area contributed by atoms with Crippen LogP contribution in [0.15, 0.2) is 48.5 Å². The quantitative estimate of drug-likeness (QED) is 0.514. The van der Waals surface area contributed by atoms with Crippen LogP contribution in [0.1, 0.15) is 26.3 Å². The maximum absolute atomic E-state index is 12.4. The summed E-state index contributed by atoms with van der Waals surface area (Å²) in [4.78, 5) is 35.1. The molecule has 162 valence electrons. The zero-order chi connectivity index (χ0) is 21.8. The Morgan fingerprint density at radius 3 is 1.81 bits per heavy atom. The topological polar surface area (TPSA) is 118 Å². The minimum Gasteiger partial charge on any atom is -0.453 e. The van der Waals surface area contributed by atoms with E-state index in [4.69, 9.17) is 28.8 Å². The molecule has 0 spiro atoms. The molecule has 0 aliphatic carbocycles. The second kappa shape index (κ2) is 9.25. The van der Waals surface area contributed by atoms with Crippen molar-refractivity contribution < 1.29 is 43.2 Å². The lowest BCUT2D eigenvalue weighted by Crippen LogP contribution is -2.36. The zero-order valence-electron chi connectivity index (χ0n) is 16.3. The number of carbonyl (C=O) groups is 3. The minimum atomic E-state index is -0.643. The normalized spacial score (nSPS) is 24.3. The highest BCUT2D eigenvalue weighted by Gasteiger charge is 2.51. The van der Waals surface area contributed by atoms with Crippen LogP contribution in [0.25, 0.3) is 0 Å². The first-order chi connectivity index (χ1) is 15.1. The molecule has 2 saturated heterocycles. The first-order valence-electron chi connectivity index (χ1n) is 9.64. The fourth-order valence-electron chi connectivity index (χ4n) is 3.51. The van der Waals surface area contributed by atoms with Gasteiger partial charge in [-0.15, -0.1) is 0 Å². The fourth-order valence-corrected chi connectivity index (χ4v) is 3.51. The van der Waals surface area contributed by atoms with Gasteiger partial charge in [0, 0.05) is 0 Å². The molecule has 4 atom stereocenters. The van der Waals surface area contributed by atoms with Crippen molar-refractivity contribution in [3.8, 4) is 5.75 Å². The van der Waals surface area contributed by atoms with E-state index >= 15 is 0 Å². The van der Waals surface area contributed by atoms with Gasteiger partial charge in [-0.25, -0.2) is 9.59 Å². The highest BCUT2D eigenvalue weighted by atomic mass is 16.7. The Balaban J connectivity index is 1.33. The number of benzene rings is 2. The fraction of sp³-hybridized carbons (Fsp3) is 0.318. The summed E-state index contributed by atoms with van der Waals surface area (Å²) in [6.07, 6.45) is -2.35. The van der Waals surface area contributed by atoms with Crippen LogP contribution < -0.4 is 4.74 Å². The lowest BCUT2D eigenvalue weighted by Gasteiger charge is -2.17. The Kier molecular flexibility index (Phi) is 6.26. The van der Waals surface area contributed by atoms with Gasteiger partial charge in [-0.3, -0.25) is 4.79 Å². The van der Waals surface area contributed by atoms with Crippen molar-refractivity contribution in [1.29, 1.82) is 0 Å². The van der Waals surface area contributed by atoms with Crippen molar-refractivity contribution in [1.82, 2.24) is 0 Å². The first kappa shape index (κ1) is 21.0. The molecule has 2 aromatic rings. The highest BCUT2D eigenvalue weighted by Crippen LogP contribution is 2.31. The second-order valence-corrected chi connectivity index (χ2v) is 7.08. The number of esters is 2. The molecule has 9 nitrogen and oxygen atoms in total. The predicted octanol–water partition coefficient (Wildman–Crippen LogP) is 1.26. The summed E-state index contributed by atoms with van der Waals surface area (Å²) in [5.41, 5.74) is 1.33. The van der Waals surface area contributed by atoms with Gasteiger partial charge >= 0.3 is 11.9 Å². The number of hydrogen-bond acceptors (Lipinski definition) is 9. The lowest BCUT2D eigenvalue weighted by molar-refractivity contribution is -0.120. The van der Waals surface area contributed by atoms with Gasteiger partial charge < -0.3 is 28.8 Å². The molecule has 31 heavy (non-hydrogen) atoms. The van der Waals surface area contributed by atoms with Gasteiger partial charge in [0.05, 0.1) is 30.9 Å². The van der Waals surface area contributed by atoms with Crippen LogP contribution in [0.2, 0.25) is 0 Å². The van der Waals surface area contributed by atoms with Crippen LogP contribution in [-0.2, 0) is 30.3 Å². The van der Waals surface area contributed by atoms with Crippen molar-refractivity contribution >= 4 is 18.4 Å². The largest absolute Gasteiger partial charge is 0.453 e. The van der Waals surface area contributed by atoms with Gasteiger partial charge in [-0.05, 0) is 42.0 Å². The van der Waals surface area contributed by atoms with E-state index in [2.05, 4.69) is 0 Å². The molecule has 0 aromatic heterocycles. The Morgan fingerprint density at radius 1 is 0.871 bits per heavy atom. The van der Waals surface area contributed by atoms with E-state index in [0.717, 1.165) is 0 Å². The molecule has 9 heteroatoms. The third-order valence-electron chi connectivity index (χ3n) is 5.13. The average molecular weight is 428 g/mol. The van der Waals surface area contributed by atoms with Gasteiger partial charge in [0.25, 0.3) is 6.47 Å². The number of fused-ring (bicyclic) bond motifs is 1. The van der Waals surface area contributed by atoms with E-state index in [0.29, 0.717) is 23.3 Å². The molecule has 4 unspecified atom stereocenters. The summed E-state index contributed by atoms with van der Waals surface area (Å²) in [6.45, 7) is 0.433. The van der Waals surface area contributed by atoms with Crippen molar-refractivity contribution in [3.63, 3.8) is 0 Å². The van der Waals surface area contributed by atoms with Crippen molar-refractivity contribution in [2.24, 2.45) is 0 Å². The maximum atomic E-state index is 12.4. The zero-order valence-corrected chi connectivity index (χ0v) is 16.3. The van der Waals surface area contributed by atoms with E-state index in [1.807, 2.05) is 0 Å². The number of ether oxygens (including phenoxy) is 5. The second-order valence-electron chi connectivity index (χ2n) is 7.08. The number of carbonyl (C=O) groups excluding carboxylic acids is 3. The predicted molar refractivity (Wildman–Crippen MR) is 103 cm³/mol. The molecule has 2 aromatic carbocycles. The van der Waals surface area contributed by atoms with E-state index in [-0.39, 0.29) is 25.4 Å². The Labute approximate surface area is 177 Å². The molecular formula is C22H20O9. The average Bonchev–Trinajstić information content (AvgIpc) is 3.38. The third-order valence-corrected chi connectivity index (χ3v) is 5.13. The standard InChI is InChI=1S/C22H20O9/c23-9-13-1-3-14(4-2-13)21(25)30-17-10-27-20-18(11-28-19(17)20)31-22(26)15-5-7-16(8-6-15)29-12-24/h1-8,12,17-20,23H,9-11H2. The van der Waals surface area contributed by atoms with Crippen LogP contribution in [0.3, 0.4) is 0 Å². The van der Waals surface area contributed by atoms with Crippen molar-refractivity contribution in [2.45, 2.75) is 31.0 Å². The molecule has 0 saturated carbocycles. The number of aliphatic hydroxyl groups is 1. The molecule has 0 bridgehead atoms. The Morgan fingerprint density at radius 2 is 1.35 bits per heavy atom. The van der Waals surface area contributed by atoms with Gasteiger partial charge in [0.2, 0.25) is 0 Å². The number of aliphatic hydroxyl groups excluding tert-OH is 1. The monoisotopic (exact) mass is 428 g/mol. The molecule has 1 N–H and O–H groups in total. The summed E-state index contributed by atoms with van der Waals surface area (Å²) in [6, 6.07) is 12.4. The molecule has 2 fully saturated rings. The van der Waals surface area contributed by atoms with Crippen LogP contribution in [0, 0.1) is 0 Å². The smallest absolute Gasteiger partial charge is 0.338 e. The van der Waals surface area contributed by atoms with Crippen molar-refractivity contribution in [3.05, 3.63) is 65.2 Å². The summed E-state index contributed by atoms with van der Waals surface area (Å²) < 4.78 is 27.1. The van der Waals surface area contributed by atoms with Gasteiger partial charge in [0.15, 0.2) is 12.2 Å². The molecule has 2 aliphatic heterocycles. The molecular weight excluding hydrogens is 408 g/mol. The Hall–Kier alpha value is -3.27. The van der Waals surface area contributed by atoms with E-state index in [1.165, 1.54) is 24.3 Å². The van der Waals surface area contributed by atoms with Crippen LogP contribution in [0.4, 0.5) is 0 Å². The van der Waals surface area contributed by atoms with Gasteiger partial charge in [0.1, 0.15) is 18.0 Å². The van der Waals surface area contributed by atoms with Crippen LogP contribution in [0.5, 0.6) is 5.75 Å². The lowest BCUT2D eigenvalue weighted by atomic mass is 10.1. The number of hydrogen-bond donors (Lipinski definition) is 1. The minimum absolute atomic E-state index is 0.111.